The van der Waals surface area contributed by atoms with Crippen molar-refractivity contribution in [3.63, 3.8) is 0 Å². The van der Waals surface area contributed by atoms with Gasteiger partial charge in [-0.15, -0.1) is 0 Å². The molecule has 0 saturated heterocycles. The van der Waals surface area contributed by atoms with Crippen LogP contribution in [0.1, 0.15) is 49.2 Å². The summed E-state index contributed by atoms with van der Waals surface area (Å²) >= 11 is 0. The molecule has 40 heavy (non-hydrogen) atoms. The lowest BCUT2D eigenvalue weighted by Crippen LogP contribution is -2.31. The van der Waals surface area contributed by atoms with Crippen LogP contribution < -0.4 is 14.2 Å². The Hall–Kier alpha value is -4.31. The molecule has 0 aliphatic carbocycles. The van der Waals surface area contributed by atoms with Crippen LogP contribution in [-0.2, 0) is 10.0 Å². The van der Waals surface area contributed by atoms with Gasteiger partial charge in [-0.2, -0.15) is 8.42 Å². The SMILES string of the molecule is CCC(Oc1nc(-c2cc(F)cc(OCC(C)C)c2)ccc1C(=O)NS(=O)(=O)c1ccccn1)c1ccccc1. The number of benzene rings is 2. The van der Waals surface area contributed by atoms with Gasteiger partial charge in [-0.1, -0.05) is 57.2 Å². The highest BCUT2D eigenvalue weighted by atomic mass is 32.2. The van der Waals surface area contributed by atoms with Gasteiger partial charge < -0.3 is 9.47 Å². The molecule has 0 saturated carbocycles. The fraction of sp³-hybridized carbons (Fsp3) is 0.233. The molecule has 0 radical (unpaired) electrons. The van der Waals surface area contributed by atoms with Gasteiger partial charge in [-0.05, 0) is 54.3 Å². The Bertz CT molecular complexity index is 1570. The van der Waals surface area contributed by atoms with Crippen LogP contribution in [0.4, 0.5) is 4.39 Å². The van der Waals surface area contributed by atoms with E-state index in [0.29, 0.717) is 30.0 Å². The first-order chi connectivity index (χ1) is 19.2. The number of hydrogen-bond acceptors (Lipinski definition) is 7. The normalized spacial score (nSPS) is 12.1. The maximum atomic E-state index is 14.5. The summed E-state index contributed by atoms with van der Waals surface area (Å²) in [5, 5.41) is -0.306. The number of rotatable bonds is 11. The molecule has 1 N–H and O–H groups in total. The van der Waals surface area contributed by atoms with Gasteiger partial charge in [0, 0.05) is 17.8 Å². The highest BCUT2D eigenvalue weighted by Crippen LogP contribution is 2.31. The molecular formula is C30H30FN3O5S. The molecule has 1 atom stereocenters. The minimum absolute atomic E-state index is 0.101. The third-order valence-electron chi connectivity index (χ3n) is 5.79. The summed E-state index contributed by atoms with van der Waals surface area (Å²) in [5.41, 5.74) is 1.46. The Kier molecular flexibility index (Phi) is 9.11. The van der Waals surface area contributed by atoms with E-state index < -0.39 is 27.9 Å². The number of halogens is 1. The van der Waals surface area contributed by atoms with E-state index in [-0.39, 0.29) is 22.4 Å². The molecule has 8 nitrogen and oxygen atoms in total. The molecule has 0 bridgehead atoms. The summed E-state index contributed by atoms with van der Waals surface area (Å²) in [4.78, 5) is 21.6. The van der Waals surface area contributed by atoms with Crippen molar-refractivity contribution < 1.29 is 27.1 Å². The van der Waals surface area contributed by atoms with E-state index in [4.69, 9.17) is 9.47 Å². The van der Waals surface area contributed by atoms with Gasteiger partial charge in [0.2, 0.25) is 5.88 Å². The van der Waals surface area contributed by atoms with Crippen molar-refractivity contribution in [2.75, 3.05) is 6.61 Å². The standard InChI is InChI=1S/C30H30FN3O5S/c1-4-27(21-10-6-5-7-11-21)39-30-25(29(35)34-40(36,37)28-12-8-9-15-32-28)13-14-26(33-30)22-16-23(31)18-24(17-22)38-19-20(2)3/h5-18,20,27H,4,19H2,1-3H3,(H,34,35). The summed E-state index contributed by atoms with van der Waals surface area (Å²) in [6.07, 6.45) is 1.37. The Balaban J connectivity index is 1.74. The number of pyridine rings is 2. The van der Waals surface area contributed by atoms with Crippen molar-refractivity contribution >= 4 is 15.9 Å². The van der Waals surface area contributed by atoms with Gasteiger partial charge in [0.25, 0.3) is 15.9 Å². The number of nitrogens with one attached hydrogen (secondary N) is 1. The van der Waals surface area contributed by atoms with Gasteiger partial charge in [0.15, 0.2) is 5.03 Å². The summed E-state index contributed by atoms with van der Waals surface area (Å²) in [5.74, 6) is -0.973. The van der Waals surface area contributed by atoms with Crippen molar-refractivity contribution in [1.29, 1.82) is 0 Å². The smallest absolute Gasteiger partial charge is 0.281 e. The van der Waals surface area contributed by atoms with Crippen LogP contribution >= 0.6 is 0 Å². The first-order valence-corrected chi connectivity index (χ1v) is 14.3. The zero-order chi connectivity index (χ0) is 28.7. The average Bonchev–Trinajstić information content (AvgIpc) is 2.95. The van der Waals surface area contributed by atoms with Crippen LogP contribution in [-0.4, -0.2) is 30.9 Å². The van der Waals surface area contributed by atoms with Crippen molar-refractivity contribution in [3.8, 4) is 22.9 Å². The third-order valence-corrected chi connectivity index (χ3v) is 7.04. The molecule has 1 amide bonds. The van der Waals surface area contributed by atoms with Crippen LogP contribution in [0.3, 0.4) is 0 Å². The quantitative estimate of drug-likeness (QED) is 0.240. The zero-order valence-electron chi connectivity index (χ0n) is 22.4. The lowest BCUT2D eigenvalue weighted by Gasteiger charge is -2.20. The molecule has 10 heteroatoms. The predicted octanol–water partition coefficient (Wildman–Crippen LogP) is 5.97. The molecule has 0 aliphatic heterocycles. The number of carbonyl (C=O) groups excluding carboxylic acids is 1. The number of nitrogens with zero attached hydrogens (tertiary/aromatic N) is 2. The van der Waals surface area contributed by atoms with E-state index in [1.807, 2.05) is 55.8 Å². The maximum absolute atomic E-state index is 14.5. The maximum Gasteiger partial charge on any atom is 0.281 e. The van der Waals surface area contributed by atoms with Gasteiger partial charge in [0.1, 0.15) is 23.2 Å². The first-order valence-electron chi connectivity index (χ1n) is 12.8. The largest absolute Gasteiger partial charge is 0.493 e. The van der Waals surface area contributed by atoms with E-state index in [0.717, 1.165) is 5.56 Å². The molecule has 2 aromatic heterocycles. The number of amides is 1. The summed E-state index contributed by atoms with van der Waals surface area (Å²) < 4.78 is 54.0. The minimum atomic E-state index is -4.26. The summed E-state index contributed by atoms with van der Waals surface area (Å²) in [6, 6.07) is 20.9. The molecule has 0 fully saturated rings. The molecule has 0 aliphatic rings. The highest BCUT2D eigenvalue weighted by Gasteiger charge is 2.25. The monoisotopic (exact) mass is 563 g/mol. The van der Waals surface area contributed by atoms with Crippen molar-refractivity contribution in [2.45, 2.75) is 38.3 Å². The van der Waals surface area contributed by atoms with Crippen molar-refractivity contribution in [1.82, 2.24) is 14.7 Å². The van der Waals surface area contributed by atoms with Crippen LogP contribution in [0, 0.1) is 11.7 Å². The van der Waals surface area contributed by atoms with E-state index >= 15 is 0 Å². The van der Waals surface area contributed by atoms with Crippen LogP contribution in [0.2, 0.25) is 0 Å². The van der Waals surface area contributed by atoms with Crippen molar-refractivity contribution in [3.05, 3.63) is 102 Å². The van der Waals surface area contributed by atoms with Crippen LogP contribution in [0.15, 0.2) is 90.1 Å². The van der Waals surface area contributed by atoms with E-state index in [9.17, 15) is 17.6 Å². The summed E-state index contributed by atoms with van der Waals surface area (Å²) in [6.45, 7) is 6.29. The van der Waals surface area contributed by atoms with Crippen LogP contribution in [0.25, 0.3) is 11.3 Å². The van der Waals surface area contributed by atoms with E-state index in [1.54, 1.807) is 12.1 Å². The van der Waals surface area contributed by atoms with Gasteiger partial charge in [0.05, 0.1) is 12.3 Å². The number of carbonyl (C=O) groups is 1. The number of aromatic nitrogens is 2. The zero-order valence-corrected chi connectivity index (χ0v) is 23.2. The average molecular weight is 564 g/mol. The number of sulfonamides is 1. The Morgan fingerprint density at radius 2 is 1.75 bits per heavy atom. The van der Waals surface area contributed by atoms with E-state index in [1.165, 1.54) is 42.6 Å². The molecular weight excluding hydrogens is 533 g/mol. The Morgan fingerprint density at radius 3 is 2.42 bits per heavy atom. The lowest BCUT2D eigenvalue weighted by atomic mass is 10.1. The fourth-order valence-electron chi connectivity index (χ4n) is 3.85. The van der Waals surface area contributed by atoms with Gasteiger partial charge >= 0.3 is 0 Å². The molecule has 0 spiro atoms. The third kappa shape index (κ3) is 7.20. The van der Waals surface area contributed by atoms with Gasteiger partial charge in [-0.3, -0.25) is 4.79 Å². The molecule has 4 aromatic rings. The molecule has 2 heterocycles. The second-order valence-electron chi connectivity index (χ2n) is 9.46. The predicted molar refractivity (Wildman–Crippen MR) is 149 cm³/mol. The Morgan fingerprint density at radius 1 is 1.00 bits per heavy atom. The highest BCUT2D eigenvalue weighted by molar-refractivity contribution is 7.90. The Labute approximate surface area is 233 Å². The van der Waals surface area contributed by atoms with E-state index in [2.05, 4.69) is 9.97 Å². The fourth-order valence-corrected chi connectivity index (χ4v) is 4.76. The second-order valence-corrected chi connectivity index (χ2v) is 11.1. The second kappa shape index (κ2) is 12.7. The van der Waals surface area contributed by atoms with Gasteiger partial charge in [-0.25, -0.2) is 19.1 Å². The number of ether oxygens (including phenoxy) is 2. The lowest BCUT2D eigenvalue weighted by molar-refractivity contribution is 0.0971. The summed E-state index contributed by atoms with van der Waals surface area (Å²) in [7, 11) is -4.26. The first kappa shape index (κ1) is 28.7. The van der Waals surface area contributed by atoms with Crippen molar-refractivity contribution in [2.24, 2.45) is 5.92 Å². The molecule has 4 rings (SSSR count). The number of hydrogen-bond donors (Lipinski definition) is 1. The molecule has 2 aromatic carbocycles. The van der Waals surface area contributed by atoms with Crippen LogP contribution in [0.5, 0.6) is 11.6 Å². The minimum Gasteiger partial charge on any atom is -0.493 e. The topological polar surface area (TPSA) is 107 Å². The molecule has 208 valence electrons. The molecule has 1 unspecified atom stereocenters.